The molecule has 82 valence electrons. The van der Waals surface area contributed by atoms with E-state index in [-0.39, 0.29) is 0 Å². The van der Waals surface area contributed by atoms with Gasteiger partial charge in [0.05, 0.1) is 10.6 Å². The van der Waals surface area contributed by atoms with Gasteiger partial charge in [0.15, 0.2) is 0 Å². The van der Waals surface area contributed by atoms with Crippen LogP contribution in [-0.2, 0) is 4.74 Å². The summed E-state index contributed by atoms with van der Waals surface area (Å²) in [6.45, 7) is 2.00. The van der Waals surface area contributed by atoms with Gasteiger partial charge in [0.1, 0.15) is 0 Å². The van der Waals surface area contributed by atoms with Crippen molar-refractivity contribution in [2.24, 2.45) is 0 Å². The number of carbonyl (C=O) groups is 1. The fourth-order valence-electron chi connectivity index (χ4n) is 1.13. The van der Waals surface area contributed by atoms with Crippen LogP contribution in [0, 0.1) is 0 Å². The van der Waals surface area contributed by atoms with Crippen molar-refractivity contribution in [2.75, 3.05) is 13.2 Å². The van der Waals surface area contributed by atoms with E-state index in [1.807, 2.05) is 0 Å². The first-order valence-electron chi connectivity index (χ1n) is 4.74. The predicted octanol–water partition coefficient (Wildman–Crippen LogP) is 3.52. The lowest BCUT2D eigenvalue weighted by Gasteiger charge is -1.93. The average molecular weight is 247 g/mol. The second kappa shape index (κ2) is 6.83. The zero-order valence-electron chi connectivity index (χ0n) is 8.21. The third-order valence-electron chi connectivity index (χ3n) is 1.91. The van der Waals surface area contributed by atoms with Crippen LogP contribution in [-0.4, -0.2) is 18.5 Å². The first-order chi connectivity index (χ1) is 7.22. The Morgan fingerprint density at radius 3 is 2.13 bits per heavy atom. The molecule has 0 N–H and O–H groups in total. The predicted molar refractivity (Wildman–Crippen MR) is 61.7 cm³/mol. The van der Waals surface area contributed by atoms with Gasteiger partial charge in [-0.25, -0.2) is 0 Å². The lowest BCUT2D eigenvalue weighted by atomic mass is 10.2. The fraction of sp³-hybridized carbons (Fsp3) is 0.364. The summed E-state index contributed by atoms with van der Waals surface area (Å²) in [5, 5.41) is -0.131. The van der Waals surface area contributed by atoms with Crippen molar-refractivity contribution in [1.82, 2.24) is 0 Å². The van der Waals surface area contributed by atoms with E-state index in [0.717, 1.165) is 13.2 Å². The molecule has 0 aliphatic carbocycles. The topological polar surface area (TPSA) is 26.3 Å². The Bertz CT molecular complexity index is 315. The van der Waals surface area contributed by atoms with Crippen LogP contribution in [0.3, 0.4) is 0 Å². The monoisotopic (exact) mass is 246 g/mol. The fourth-order valence-corrected chi connectivity index (χ4v) is 1.57. The van der Waals surface area contributed by atoms with E-state index in [1.165, 1.54) is 12.8 Å². The Balaban J connectivity index is 0.000000187. The number of halogens is 2. The molecule has 0 radical (unpaired) electrons. The zero-order chi connectivity index (χ0) is 11.1. The highest BCUT2D eigenvalue weighted by molar-refractivity contribution is 6.68. The van der Waals surface area contributed by atoms with Gasteiger partial charge in [-0.2, -0.15) is 0 Å². The smallest absolute Gasteiger partial charge is 0.253 e. The van der Waals surface area contributed by atoms with E-state index in [0.29, 0.717) is 10.6 Å². The molecule has 0 unspecified atom stereocenters. The average Bonchev–Trinajstić information content (AvgIpc) is 2.75. The molecule has 4 heteroatoms. The number of hydrogen-bond acceptors (Lipinski definition) is 2. The molecule has 1 heterocycles. The number of benzene rings is 1. The molecule has 0 amide bonds. The molecular weight excluding hydrogens is 235 g/mol. The van der Waals surface area contributed by atoms with Crippen LogP contribution >= 0.6 is 23.2 Å². The minimum atomic E-state index is -0.523. The summed E-state index contributed by atoms with van der Waals surface area (Å²) in [5.41, 5.74) is 0.353. The summed E-state index contributed by atoms with van der Waals surface area (Å²) in [4.78, 5) is 10.5. The van der Waals surface area contributed by atoms with Crippen LogP contribution in [0.15, 0.2) is 24.3 Å². The third-order valence-corrected chi connectivity index (χ3v) is 2.45. The summed E-state index contributed by atoms with van der Waals surface area (Å²) < 4.78 is 4.94. The summed E-state index contributed by atoms with van der Waals surface area (Å²) in [5.74, 6) is 0. The van der Waals surface area contributed by atoms with Crippen molar-refractivity contribution in [1.29, 1.82) is 0 Å². The van der Waals surface area contributed by atoms with Crippen LogP contribution in [0.2, 0.25) is 5.02 Å². The second-order valence-corrected chi connectivity index (χ2v) is 3.82. The van der Waals surface area contributed by atoms with E-state index in [9.17, 15) is 4.79 Å². The molecule has 1 fully saturated rings. The van der Waals surface area contributed by atoms with Gasteiger partial charge in [0.25, 0.3) is 5.24 Å². The first kappa shape index (κ1) is 12.5. The van der Waals surface area contributed by atoms with Crippen molar-refractivity contribution in [3.63, 3.8) is 0 Å². The quantitative estimate of drug-likeness (QED) is 0.710. The number of ether oxygens (including phenoxy) is 1. The Kier molecular flexibility index (Phi) is 5.69. The molecule has 1 aliphatic heterocycles. The minimum absolute atomic E-state index is 0.353. The van der Waals surface area contributed by atoms with Crippen molar-refractivity contribution in [2.45, 2.75) is 12.8 Å². The molecule has 0 bridgehead atoms. The zero-order valence-corrected chi connectivity index (χ0v) is 9.72. The molecule has 0 saturated carbocycles. The maximum absolute atomic E-state index is 10.5. The summed E-state index contributed by atoms with van der Waals surface area (Å²) >= 11 is 10.8. The summed E-state index contributed by atoms with van der Waals surface area (Å²) in [6, 6.07) is 6.65. The van der Waals surface area contributed by atoms with Gasteiger partial charge in [0.2, 0.25) is 0 Å². The number of carbonyl (C=O) groups excluding carboxylic acids is 1. The Morgan fingerprint density at radius 2 is 1.80 bits per heavy atom. The van der Waals surface area contributed by atoms with Crippen molar-refractivity contribution >= 4 is 28.4 Å². The molecule has 0 spiro atoms. The van der Waals surface area contributed by atoms with Gasteiger partial charge in [-0.15, -0.1) is 0 Å². The lowest BCUT2D eigenvalue weighted by molar-refractivity contribution is 0.108. The van der Waals surface area contributed by atoms with E-state index in [2.05, 4.69) is 0 Å². The second-order valence-electron chi connectivity index (χ2n) is 3.07. The molecule has 1 aromatic rings. The van der Waals surface area contributed by atoms with E-state index < -0.39 is 5.24 Å². The molecule has 15 heavy (non-hydrogen) atoms. The normalized spacial score (nSPS) is 14.3. The highest BCUT2D eigenvalue weighted by Crippen LogP contribution is 2.16. The number of rotatable bonds is 1. The highest BCUT2D eigenvalue weighted by atomic mass is 35.5. The maximum atomic E-state index is 10.5. The van der Waals surface area contributed by atoms with Crippen LogP contribution in [0.4, 0.5) is 0 Å². The van der Waals surface area contributed by atoms with Crippen LogP contribution in [0.1, 0.15) is 23.2 Å². The van der Waals surface area contributed by atoms with Crippen molar-refractivity contribution in [3.05, 3.63) is 34.9 Å². The first-order valence-corrected chi connectivity index (χ1v) is 5.49. The van der Waals surface area contributed by atoms with Crippen LogP contribution < -0.4 is 0 Å². The van der Waals surface area contributed by atoms with E-state index in [4.69, 9.17) is 27.9 Å². The molecule has 1 aliphatic rings. The van der Waals surface area contributed by atoms with Crippen LogP contribution in [0.5, 0.6) is 0 Å². The molecule has 0 aromatic heterocycles. The molecule has 2 rings (SSSR count). The van der Waals surface area contributed by atoms with Gasteiger partial charge in [0, 0.05) is 13.2 Å². The Hall–Kier alpha value is -0.570. The molecular formula is C11H12Cl2O2. The lowest BCUT2D eigenvalue weighted by Crippen LogP contribution is -1.87. The van der Waals surface area contributed by atoms with E-state index >= 15 is 0 Å². The van der Waals surface area contributed by atoms with Gasteiger partial charge in [-0.05, 0) is 36.6 Å². The summed E-state index contributed by atoms with van der Waals surface area (Å²) in [6.07, 6.45) is 2.56. The van der Waals surface area contributed by atoms with Gasteiger partial charge >= 0.3 is 0 Å². The molecule has 0 atom stereocenters. The molecule has 1 aromatic carbocycles. The molecule has 1 saturated heterocycles. The van der Waals surface area contributed by atoms with Gasteiger partial charge in [-0.1, -0.05) is 23.7 Å². The third kappa shape index (κ3) is 4.65. The molecule has 2 nitrogen and oxygen atoms in total. The van der Waals surface area contributed by atoms with Crippen LogP contribution in [0.25, 0.3) is 0 Å². The van der Waals surface area contributed by atoms with Gasteiger partial charge in [-0.3, -0.25) is 4.79 Å². The van der Waals surface area contributed by atoms with Crippen molar-refractivity contribution < 1.29 is 9.53 Å². The Morgan fingerprint density at radius 1 is 1.20 bits per heavy atom. The van der Waals surface area contributed by atoms with E-state index in [1.54, 1.807) is 24.3 Å². The Labute approximate surface area is 99.1 Å². The largest absolute Gasteiger partial charge is 0.381 e. The van der Waals surface area contributed by atoms with Gasteiger partial charge < -0.3 is 4.74 Å². The SMILES string of the molecule is C1CCOC1.O=C(Cl)c1ccccc1Cl. The summed E-state index contributed by atoms with van der Waals surface area (Å²) in [7, 11) is 0. The minimum Gasteiger partial charge on any atom is -0.381 e. The maximum Gasteiger partial charge on any atom is 0.253 e. The van der Waals surface area contributed by atoms with Crippen molar-refractivity contribution in [3.8, 4) is 0 Å². The standard InChI is InChI=1S/C7H4Cl2O.C4H8O/c8-6-4-2-1-3-5(6)7(9)10;1-2-4-5-3-1/h1-4H;1-4H2. The highest BCUT2D eigenvalue weighted by Gasteiger charge is 2.04. The number of hydrogen-bond donors (Lipinski definition) is 0.